The van der Waals surface area contributed by atoms with Crippen molar-refractivity contribution >= 4 is 5.78 Å². The van der Waals surface area contributed by atoms with Gasteiger partial charge in [-0.3, -0.25) is 4.79 Å². The molecule has 3 nitrogen and oxygen atoms in total. The van der Waals surface area contributed by atoms with Gasteiger partial charge in [0, 0.05) is 28.7 Å². The van der Waals surface area contributed by atoms with E-state index in [-0.39, 0.29) is 22.9 Å². The monoisotopic (exact) mass is 330 g/mol. The number of aromatic hydroxyl groups is 1. The van der Waals surface area contributed by atoms with E-state index in [0.717, 1.165) is 18.4 Å². The second kappa shape index (κ2) is 4.04. The third kappa shape index (κ3) is 1.22. The average molecular weight is 330 g/mol. The Morgan fingerprint density at radius 2 is 2.04 bits per heavy atom. The number of phenols is 1. The standard InChI is InChI=1S/C20H23FO3/c1-10-8-18-9-19(11(2)15(22)5-6-20(18,19)24)16-12(7-13(10)18)3-4-14(21)17(16)23/h3-4,10-11,13,23-24H,5-9H2,1-2H3. The normalized spacial score (nSPS) is 48.3. The highest BCUT2D eigenvalue weighted by molar-refractivity contribution is 5.86. The Labute approximate surface area is 140 Å². The molecule has 6 unspecified atom stereocenters. The average Bonchev–Trinajstić information content (AvgIpc) is 2.69. The third-order valence-electron chi connectivity index (χ3n) is 8.30. The van der Waals surface area contributed by atoms with E-state index in [0.29, 0.717) is 36.7 Å². The van der Waals surface area contributed by atoms with Crippen LogP contribution < -0.4 is 0 Å². The van der Waals surface area contributed by atoms with Gasteiger partial charge in [-0.05, 0) is 49.1 Å². The summed E-state index contributed by atoms with van der Waals surface area (Å²) in [5.41, 5.74) is -0.536. The van der Waals surface area contributed by atoms with Crippen LogP contribution in [0.2, 0.25) is 0 Å². The fourth-order valence-corrected chi connectivity index (χ4v) is 7.26. The molecule has 5 aliphatic rings. The molecule has 0 aromatic heterocycles. The molecule has 0 radical (unpaired) electrons. The molecular weight excluding hydrogens is 307 g/mol. The molecule has 2 spiro atoms. The molecule has 0 aliphatic heterocycles. The van der Waals surface area contributed by atoms with E-state index < -0.39 is 16.8 Å². The molecular formula is C20H23FO3. The van der Waals surface area contributed by atoms with E-state index in [9.17, 15) is 19.4 Å². The maximum atomic E-state index is 14.2. The van der Waals surface area contributed by atoms with Crippen molar-refractivity contribution < 1.29 is 19.4 Å². The lowest BCUT2D eigenvalue weighted by Gasteiger charge is -2.78. The summed E-state index contributed by atoms with van der Waals surface area (Å²) in [4.78, 5) is 12.5. The van der Waals surface area contributed by atoms with E-state index in [1.54, 1.807) is 6.07 Å². The number of carbonyl (C=O) groups excluding carboxylic acids is 1. The van der Waals surface area contributed by atoms with Crippen molar-refractivity contribution in [3.05, 3.63) is 29.1 Å². The Hall–Kier alpha value is -1.42. The first kappa shape index (κ1) is 14.9. The Bertz CT molecular complexity index is 789. The summed E-state index contributed by atoms with van der Waals surface area (Å²) in [5, 5.41) is 22.4. The van der Waals surface area contributed by atoms with Crippen molar-refractivity contribution in [2.75, 3.05) is 0 Å². The van der Waals surface area contributed by atoms with Crippen molar-refractivity contribution in [2.45, 2.75) is 57.0 Å². The fraction of sp³-hybridized carbons (Fsp3) is 0.650. The number of aliphatic hydroxyl groups is 1. The molecule has 5 aliphatic carbocycles. The Kier molecular flexibility index (Phi) is 2.50. The zero-order valence-corrected chi connectivity index (χ0v) is 14.1. The lowest BCUT2D eigenvalue weighted by molar-refractivity contribution is -0.324. The number of ketones is 1. The molecule has 3 fully saturated rings. The van der Waals surface area contributed by atoms with Crippen LogP contribution in [0.1, 0.15) is 50.7 Å². The van der Waals surface area contributed by atoms with E-state index >= 15 is 0 Å². The number of hydrogen-bond donors (Lipinski definition) is 2. The highest BCUT2D eigenvalue weighted by Gasteiger charge is 2.83. The second-order valence-corrected chi connectivity index (χ2v) is 8.77. The van der Waals surface area contributed by atoms with Gasteiger partial charge in [0.2, 0.25) is 0 Å². The first-order valence-corrected chi connectivity index (χ1v) is 9.04. The van der Waals surface area contributed by atoms with Crippen LogP contribution in [0.5, 0.6) is 5.75 Å². The van der Waals surface area contributed by atoms with E-state index in [1.165, 1.54) is 6.07 Å². The number of carbonyl (C=O) groups is 1. The molecule has 2 N–H and O–H groups in total. The van der Waals surface area contributed by atoms with Gasteiger partial charge < -0.3 is 10.2 Å². The number of benzene rings is 1. The summed E-state index contributed by atoms with van der Waals surface area (Å²) in [6.45, 7) is 4.07. The van der Waals surface area contributed by atoms with Crippen LogP contribution in [-0.2, 0) is 16.6 Å². The van der Waals surface area contributed by atoms with Crippen LogP contribution in [-0.4, -0.2) is 21.6 Å². The van der Waals surface area contributed by atoms with Crippen LogP contribution in [0.4, 0.5) is 4.39 Å². The molecule has 24 heavy (non-hydrogen) atoms. The van der Waals surface area contributed by atoms with Crippen molar-refractivity contribution in [1.29, 1.82) is 0 Å². The quantitative estimate of drug-likeness (QED) is 0.768. The summed E-state index contributed by atoms with van der Waals surface area (Å²) < 4.78 is 14.2. The van der Waals surface area contributed by atoms with Gasteiger partial charge in [-0.1, -0.05) is 19.9 Å². The summed E-state index contributed by atoms with van der Waals surface area (Å²) in [6, 6.07) is 3.07. The topological polar surface area (TPSA) is 57.5 Å². The first-order valence-electron chi connectivity index (χ1n) is 9.04. The van der Waals surface area contributed by atoms with Crippen molar-refractivity contribution in [3.63, 3.8) is 0 Å². The molecule has 6 rings (SSSR count). The molecule has 2 bridgehead atoms. The maximum absolute atomic E-state index is 14.2. The highest BCUT2D eigenvalue weighted by Crippen LogP contribution is 2.81. The minimum absolute atomic E-state index is 0.120. The zero-order valence-electron chi connectivity index (χ0n) is 14.1. The Morgan fingerprint density at radius 1 is 1.29 bits per heavy atom. The summed E-state index contributed by atoms with van der Waals surface area (Å²) in [5.74, 6) is -0.409. The van der Waals surface area contributed by atoms with Gasteiger partial charge in [-0.2, -0.15) is 0 Å². The van der Waals surface area contributed by atoms with Crippen LogP contribution in [0.25, 0.3) is 0 Å². The molecule has 0 saturated heterocycles. The summed E-state index contributed by atoms with van der Waals surface area (Å²) in [7, 11) is 0. The first-order chi connectivity index (χ1) is 11.3. The van der Waals surface area contributed by atoms with Gasteiger partial charge in [-0.15, -0.1) is 0 Å². The molecule has 1 aromatic carbocycles. The predicted octanol–water partition coefficient (Wildman–Crippen LogP) is 3.10. The van der Waals surface area contributed by atoms with Gasteiger partial charge >= 0.3 is 0 Å². The molecule has 1 aromatic rings. The third-order valence-corrected chi connectivity index (χ3v) is 8.30. The Balaban J connectivity index is 1.84. The minimum atomic E-state index is -0.999. The van der Waals surface area contributed by atoms with Crippen LogP contribution >= 0.6 is 0 Å². The maximum Gasteiger partial charge on any atom is 0.165 e. The minimum Gasteiger partial charge on any atom is -0.505 e. The van der Waals surface area contributed by atoms with Gasteiger partial charge in [0.05, 0.1) is 5.60 Å². The fourth-order valence-electron chi connectivity index (χ4n) is 7.26. The van der Waals surface area contributed by atoms with Crippen LogP contribution in [0.15, 0.2) is 12.1 Å². The number of rotatable bonds is 0. The van der Waals surface area contributed by atoms with Crippen molar-refractivity contribution in [2.24, 2.45) is 23.2 Å². The van der Waals surface area contributed by atoms with E-state index in [1.807, 2.05) is 6.92 Å². The van der Waals surface area contributed by atoms with Gasteiger partial charge in [0.15, 0.2) is 11.6 Å². The van der Waals surface area contributed by atoms with E-state index in [4.69, 9.17) is 0 Å². The van der Waals surface area contributed by atoms with E-state index in [2.05, 4.69) is 6.92 Å². The molecule has 3 saturated carbocycles. The number of halogens is 1. The zero-order chi connectivity index (χ0) is 17.1. The second-order valence-electron chi connectivity index (χ2n) is 8.77. The highest BCUT2D eigenvalue weighted by atomic mass is 19.1. The van der Waals surface area contributed by atoms with Gasteiger partial charge in [0.1, 0.15) is 5.78 Å². The number of Topliss-reactive ketones (excluding diaryl/α,β-unsaturated/α-hetero) is 1. The molecule has 6 atom stereocenters. The summed E-state index contributed by atoms with van der Waals surface area (Å²) >= 11 is 0. The largest absolute Gasteiger partial charge is 0.505 e. The Morgan fingerprint density at radius 3 is 2.75 bits per heavy atom. The lowest BCUT2D eigenvalue weighted by atomic mass is 9.27. The van der Waals surface area contributed by atoms with Gasteiger partial charge in [0.25, 0.3) is 0 Å². The SMILES string of the molecule is CC1CC23CC4(c5c(ccc(F)c5O)CC12)C(C)C(=O)CCC34O. The van der Waals surface area contributed by atoms with Crippen LogP contribution in [0, 0.1) is 29.0 Å². The smallest absolute Gasteiger partial charge is 0.165 e. The molecule has 128 valence electrons. The lowest BCUT2D eigenvalue weighted by Crippen LogP contribution is -2.82. The predicted molar refractivity (Wildman–Crippen MR) is 86.1 cm³/mol. The van der Waals surface area contributed by atoms with Gasteiger partial charge in [-0.25, -0.2) is 4.39 Å². The molecule has 0 heterocycles. The number of hydrogen-bond acceptors (Lipinski definition) is 3. The summed E-state index contributed by atoms with van der Waals surface area (Å²) in [6.07, 6.45) is 3.24. The van der Waals surface area contributed by atoms with Crippen molar-refractivity contribution in [3.8, 4) is 5.75 Å². The molecule has 0 amide bonds. The van der Waals surface area contributed by atoms with Crippen LogP contribution in [0.3, 0.4) is 0 Å². The number of phenolic OH excluding ortho intramolecular Hbond substituents is 1. The molecule has 4 heteroatoms. The van der Waals surface area contributed by atoms with Crippen molar-refractivity contribution in [1.82, 2.24) is 0 Å².